The van der Waals surface area contributed by atoms with E-state index in [1.807, 2.05) is 36.4 Å². The second kappa shape index (κ2) is 8.54. The number of nitro groups is 1. The maximum absolute atomic E-state index is 12.7. The number of carbonyl (C=O) groups excluding carboxylic acids is 1. The van der Waals surface area contributed by atoms with E-state index in [2.05, 4.69) is 11.6 Å². The van der Waals surface area contributed by atoms with Gasteiger partial charge in [0.2, 0.25) is 6.54 Å². The third-order valence-electron chi connectivity index (χ3n) is 3.62. The molecule has 0 saturated carbocycles. The number of benzene rings is 1. The summed E-state index contributed by atoms with van der Waals surface area (Å²) in [6, 6.07) is 7.51. The minimum absolute atomic E-state index is 0.244. The number of rotatable bonds is 6. The van der Waals surface area contributed by atoms with Crippen molar-refractivity contribution in [2.75, 3.05) is 25.0 Å². The molecular weight excluding hydrogens is 318 g/mol. The first-order valence-corrected chi connectivity index (χ1v) is 7.71. The van der Waals surface area contributed by atoms with Gasteiger partial charge in [0.15, 0.2) is 0 Å². The van der Waals surface area contributed by atoms with Crippen LogP contribution in [0.2, 0.25) is 0 Å². The minimum Gasteiger partial charge on any atom is -0.304 e. The van der Waals surface area contributed by atoms with Gasteiger partial charge in [-0.25, -0.2) is 0 Å². The fourth-order valence-corrected chi connectivity index (χ4v) is 2.52. The van der Waals surface area contributed by atoms with E-state index < -0.39 is 4.92 Å². The topological polar surface area (TPSA) is 75.8 Å². The number of aliphatic imine (C=N–C) groups is 1. The highest BCUT2D eigenvalue weighted by atomic mass is 16.6. The number of nitrogens with zero attached hydrogens (tertiary/aromatic N) is 3. The summed E-state index contributed by atoms with van der Waals surface area (Å²) < 4.78 is 0. The predicted octanol–water partition coefficient (Wildman–Crippen LogP) is 3.06. The molecule has 0 aliphatic carbocycles. The third kappa shape index (κ3) is 4.60. The quantitative estimate of drug-likeness (QED) is 0.346. The molecular formula is C19H19N3O3. The van der Waals surface area contributed by atoms with Crippen LogP contribution in [0.1, 0.15) is 5.56 Å². The van der Waals surface area contributed by atoms with Gasteiger partial charge in [0.25, 0.3) is 5.91 Å². The Morgan fingerprint density at radius 2 is 2.24 bits per heavy atom. The fourth-order valence-electron chi connectivity index (χ4n) is 2.52. The maximum atomic E-state index is 12.7. The number of anilines is 1. The molecule has 1 aromatic carbocycles. The van der Waals surface area contributed by atoms with Gasteiger partial charge in [-0.3, -0.25) is 19.9 Å². The molecule has 0 aromatic heterocycles. The lowest BCUT2D eigenvalue weighted by molar-refractivity contribution is -0.468. The van der Waals surface area contributed by atoms with Crippen molar-refractivity contribution in [3.8, 4) is 0 Å². The van der Waals surface area contributed by atoms with E-state index in [0.29, 0.717) is 12.1 Å². The third-order valence-corrected chi connectivity index (χ3v) is 3.62. The van der Waals surface area contributed by atoms with E-state index in [-0.39, 0.29) is 12.5 Å². The van der Waals surface area contributed by atoms with Crippen molar-refractivity contribution in [2.45, 2.75) is 0 Å². The molecule has 1 heterocycles. The van der Waals surface area contributed by atoms with Crippen molar-refractivity contribution in [3.05, 3.63) is 82.0 Å². The number of amides is 1. The predicted molar refractivity (Wildman–Crippen MR) is 100 cm³/mol. The van der Waals surface area contributed by atoms with Crippen LogP contribution in [-0.2, 0) is 4.79 Å². The molecule has 0 bridgehead atoms. The van der Waals surface area contributed by atoms with Gasteiger partial charge in [0, 0.05) is 29.4 Å². The van der Waals surface area contributed by atoms with Crippen LogP contribution in [0, 0.1) is 10.1 Å². The Labute approximate surface area is 146 Å². The maximum Gasteiger partial charge on any atom is 0.258 e. The average Bonchev–Trinajstić information content (AvgIpc) is 2.90. The van der Waals surface area contributed by atoms with Crippen molar-refractivity contribution in [3.63, 3.8) is 0 Å². The second-order valence-corrected chi connectivity index (χ2v) is 5.31. The van der Waals surface area contributed by atoms with Crippen LogP contribution < -0.4 is 4.90 Å². The lowest BCUT2D eigenvalue weighted by Gasteiger charge is -2.15. The molecule has 0 unspecified atom stereocenters. The smallest absolute Gasteiger partial charge is 0.258 e. The first-order chi connectivity index (χ1) is 12.1. The van der Waals surface area contributed by atoms with Crippen LogP contribution in [0.4, 0.5) is 5.69 Å². The van der Waals surface area contributed by atoms with Crippen LogP contribution >= 0.6 is 0 Å². The summed E-state index contributed by atoms with van der Waals surface area (Å²) in [4.78, 5) is 28.3. The molecule has 6 nitrogen and oxygen atoms in total. The van der Waals surface area contributed by atoms with E-state index in [4.69, 9.17) is 0 Å². The van der Waals surface area contributed by atoms with Gasteiger partial charge in [0.05, 0.1) is 6.54 Å². The molecule has 2 rings (SSSR count). The summed E-state index contributed by atoms with van der Waals surface area (Å²) in [5, 5.41) is 10.6. The van der Waals surface area contributed by atoms with E-state index in [0.717, 1.165) is 16.8 Å². The van der Waals surface area contributed by atoms with E-state index in [1.165, 1.54) is 6.08 Å². The highest BCUT2D eigenvalue weighted by Crippen LogP contribution is 2.29. The first kappa shape index (κ1) is 18.1. The number of hydrogen-bond donors (Lipinski definition) is 0. The summed E-state index contributed by atoms with van der Waals surface area (Å²) in [6.07, 6.45) is 10.0. The zero-order chi connectivity index (χ0) is 18.2. The van der Waals surface area contributed by atoms with Crippen molar-refractivity contribution < 1.29 is 9.72 Å². The van der Waals surface area contributed by atoms with Gasteiger partial charge in [0.1, 0.15) is 0 Å². The summed E-state index contributed by atoms with van der Waals surface area (Å²) in [5.41, 5.74) is 2.75. The summed E-state index contributed by atoms with van der Waals surface area (Å²) >= 11 is 0. The highest BCUT2D eigenvalue weighted by molar-refractivity contribution is 6.12. The monoisotopic (exact) mass is 337 g/mol. The van der Waals surface area contributed by atoms with Gasteiger partial charge < -0.3 is 4.90 Å². The summed E-state index contributed by atoms with van der Waals surface area (Å²) in [6.45, 7) is 3.62. The highest BCUT2D eigenvalue weighted by Gasteiger charge is 2.31. The lowest BCUT2D eigenvalue weighted by Crippen LogP contribution is -2.24. The van der Waals surface area contributed by atoms with Crippen LogP contribution in [0.3, 0.4) is 0 Å². The van der Waals surface area contributed by atoms with Crippen molar-refractivity contribution in [1.29, 1.82) is 0 Å². The van der Waals surface area contributed by atoms with Crippen LogP contribution in [0.25, 0.3) is 6.08 Å². The number of carbonyl (C=O) groups is 1. The average molecular weight is 337 g/mol. The fraction of sp³-hybridized carbons (Fsp3) is 0.158. The normalized spacial score (nSPS) is 18.1. The molecule has 1 aliphatic heterocycles. The second-order valence-electron chi connectivity index (χ2n) is 5.31. The van der Waals surface area contributed by atoms with E-state index in [9.17, 15) is 14.9 Å². The van der Waals surface area contributed by atoms with Crippen molar-refractivity contribution in [1.82, 2.24) is 0 Å². The van der Waals surface area contributed by atoms with E-state index >= 15 is 0 Å². The zero-order valence-electron chi connectivity index (χ0n) is 14.0. The molecule has 1 saturated heterocycles. The summed E-state index contributed by atoms with van der Waals surface area (Å²) in [5.74, 6) is -0.244. The van der Waals surface area contributed by atoms with Crippen molar-refractivity contribution >= 4 is 23.9 Å². The SMILES string of the molecule is C=C/C=C1/CN(c2cccc(/C=C\C=NC)c2)C(=O)/C1=C/C[N+](=O)[O-]. The van der Waals surface area contributed by atoms with Gasteiger partial charge in [-0.2, -0.15) is 0 Å². The van der Waals surface area contributed by atoms with Gasteiger partial charge in [-0.05, 0) is 35.4 Å². The standard InChI is InChI=1S/C19H19N3O3/c1-3-6-16-14-21(19(23)18(16)10-12-22(24)25)17-9-4-7-15(13-17)8-5-11-20-2/h3-11,13H,1,12,14H2,2H3/b8-5-,16-6-,18-10+,20-11?. The molecule has 1 amide bonds. The molecule has 0 N–H and O–H groups in total. The molecule has 0 atom stereocenters. The molecule has 128 valence electrons. The largest absolute Gasteiger partial charge is 0.304 e. The van der Waals surface area contributed by atoms with Crippen LogP contribution in [0.15, 0.2) is 71.3 Å². The van der Waals surface area contributed by atoms with Crippen LogP contribution in [-0.4, -0.2) is 37.2 Å². The summed E-state index contributed by atoms with van der Waals surface area (Å²) in [7, 11) is 1.69. The van der Waals surface area contributed by atoms with Gasteiger partial charge in [-0.15, -0.1) is 0 Å². The first-order valence-electron chi connectivity index (χ1n) is 7.71. The number of allylic oxidation sites excluding steroid dienone is 3. The zero-order valence-corrected chi connectivity index (χ0v) is 14.0. The number of hydrogen-bond acceptors (Lipinski definition) is 4. The Hall–Kier alpha value is -3.28. The van der Waals surface area contributed by atoms with Crippen molar-refractivity contribution in [2.24, 2.45) is 4.99 Å². The lowest BCUT2D eigenvalue weighted by atomic mass is 10.1. The Bertz CT molecular complexity index is 804. The molecule has 1 aliphatic rings. The Balaban J connectivity index is 2.34. The minimum atomic E-state index is -0.463. The molecule has 0 radical (unpaired) electrons. The van der Waals surface area contributed by atoms with Gasteiger partial charge >= 0.3 is 0 Å². The molecule has 0 spiro atoms. The Morgan fingerprint density at radius 3 is 2.92 bits per heavy atom. The molecule has 25 heavy (non-hydrogen) atoms. The van der Waals surface area contributed by atoms with Gasteiger partial charge in [-0.1, -0.05) is 36.9 Å². The molecule has 6 heteroatoms. The Morgan fingerprint density at radius 1 is 1.44 bits per heavy atom. The molecule has 1 aromatic rings. The van der Waals surface area contributed by atoms with Crippen LogP contribution in [0.5, 0.6) is 0 Å². The Kier molecular flexibility index (Phi) is 6.17. The molecule has 1 fully saturated rings. The van der Waals surface area contributed by atoms with E-state index in [1.54, 1.807) is 30.3 Å².